The van der Waals surface area contributed by atoms with E-state index in [9.17, 15) is 9.90 Å². The fourth-order valence-corrected chi connectivity index (χ4v) is 1.77. The van der Waals surface area contributed by atoms with Crippen LogP contribution in [0.5, 0.6) is 0 Å². The minimum Gasteiger partial charge on any atom is -0.509 e. The zero-order chi connectivity index (χ0) is 10.8. The summed E-state index contributed by atoms with van der Waals surface area (Å²) in [7, 11) is 0. The second kappa shape index (κ2) is 3.77. The van der Waals surface area contributed by atoms with Crippen LogP contribution in [0.2, 0.25) is 0 Å². The number of aliphatic hydroxyl groups excluding tert-OH is 1. The fourth-order valence-electron chi connectivity index (χ4n) is 1.77. The predicted molar refractivity (Wildman–Crippen MR) is 58.2 cm³/mol. The van der Waals surface area contributed by atoms with E-state index in [4.69, 9.17) is 0 Å². The Kier molecular flexibility index (Phi) is 2.46. The molecule has 0 aliphatic carbocycles. The van der Waals surface area contributed by atoms with Gasteiger partial charge in [0.2, 0.25) is 0 Å². The molecule has 78 valence electrons. The van der Waals surface area contributed by atoms with Crippen LogP contribution in [0.3, 0.4) is 0 Å². The lowest BCUT2D eigenvalue weighted by Gasteiger charge is -2.05. The summed E-state index contributed by atoms with van der Waals surface area (Å²) in [4.78, 5) is 11.6. The van der Waals surface area contributed by atoms with Gasteiger partial charge in [-0.05, 0) is 12.0 Å². The standard InChI is InChI=1S/C12H13NO2/c1-2-9-11(14)10(12(15)13-9)8-6-4-3-5-7-8/h3-7,9,14H,2H2,1H3,(H,13,15)/t9-/m0/s1. The van der Waals surface area contributed by atoms with E-state index in [0.29, 0.717) is 12.0 Å². The molecule has 0 aromatic heterocycles. The van der Waals surface area contributed by atoms with Gasteiger partial charge in [-0.2, -0.15) is 0 Å². The second-order valence-electron chi connectivity index (χ2n) is 3.56. The maximum Gasteiger partial charge on any atom is 0.255 e. The first kappa shape index (κ1) is 9.77. The Morgan fingerprint density at radius 3 is 2.53 bits per heavy atom. The molecule has 3 nitrogen and oxygen atoms in total. The van der Waals surface area contributed by atoms with E-state index in [1.807, 2.05) is 37.3 Å². The lowest BCUT2D eigenvalue weighted by Crippen LogP contribution is -2.27. The van der Waals surface area contributed by atoms with Gasteiger partial charge in [0.1, 0.15) is 5.76 Å². The smallest absolute Gasteiger partial charge is 0.255 e. The third-order valence-electron chi connectivity index (χ3n) is 2.59. The zero-order valence-corrected chi connectivity index (χ0v) is 8.53. The van der Waals surface area contributed by atoms with E-state index in [1.165, 1.54) is 0 Å². The number of nitrogens with one attached hydrogen (secondary N) is 1. The molecule has 1 aromatic carbocycles. The maximum absolute atomic E-state index is 11.6. The third-order valence-corrected chi connectivity index (χ3v) is 2.59. The molecule has 0 radical (unpaired) electrons. The van der Waals surface area contributed by atoms with Crippen molar-refractivity contribution in [3.8, 4) is 0 Å². The molecule has 0 fully saturated rings. The number of carbonyl (C=O) groups excluding carboxylic acids is 1. The van der Waals surface area contributed by atoms with Crippen molar-refractivity contribution in [3.05, 3.63) is 41.7 Å². The molecule has 0 spiro atoms. The highest BCUT2D eigenvalue weighted by molar-refractivity contribution is 6.22. The van der Waals surface area contributed by atoms with Crippen molar-refractivity contribution in [2.45, 2.75) is 19.4 Å². The zero-order valence-electron chi connectivity index (χ0n) is 8.53. The van der Waals surface area contributed by atoms with Crippen molar-refractivity contribution in [3.63, 3.8) is 0 Å². The lowest BCUT2D eigenvalue weighted by atomic mass is 10.0. The summed E-state index contributed by atoms with van der Waals surface area (Å²) in [5.74, 6) is -0.0285. The molecular formula is C12H13NO2. The number of hydrogen-bond donors (Lipinski definition) is 2. The van der Waals surface area contributed by atoms with E-state index in [2.05, 4.69) is 5.32 Å². The van der Waals surface area contributed by atoms with E-state index in [1.54, 1.807) is 0 Å². The highest BCUT2D eigenvalue weighted by atomic mass is 16.3. The van der Waals surface area contributed by atoms with Gasteiger partial charge in [0.15, 0.2) is 0 Å². The molecule has 1 amide bonds. The average molecular weight is 203 g/mol. The van der Waals surface area contributed by atoms with Gasteiger partial charge in [0, 0.05) is 0 Å². The van der Waals surface area contributed by atoms with Gasteiger partial charge in [0.25, 0.3) is 5.91 Å². The molecule has 0 unspecified atom stereocenters. The summed E-state index contributed by atoms with van der Waals surface area (Å²) in [5, 5.41) is 12.6. The summed E-state index contributed by atoms with van der Waals surface area (Å²) < 4.78 is 0. The number of benzene rings is 1. The van der Waals surface area contributed by atoms with Crippen molar-refractivity contribution in [1.82, 2.24) is 5.32 Å². The largest absolute Gasteiger partial charge is 0.509 e. The summed E-state index contributed by atoms with van der Waals surface area (Å²) in [6.07, 6.45) is 0.702. The molecule has 1 aliphatic rings. The first-order valence-electron chi connectivity index (χ1n) is 5.03. The Bertz CT molecular complexity index is 409. The van der Waals surface area contributed by atoms with Crippen LogP contribution < -0.4 is 5.32 Å². The molecule has 0 bridgehead atoms. The molecular weight excluding hydrogens is 190 g/mol. The molecule has 0 saturated heterocycles. The van der Waals surface area contributed by atoms with Gasteiger partial charge in [-0.25, -0.2) is 0 Å². The topological polar surface area (TPSA) is 49.3 Å². The molecule has 0 saturated carbocycles. The number of carbonyl (C=O) groups is 1. The Balaban J connectivity index is 2.44. The van der Waals surface area contributed by atoms with E-state index >= 15 is 0 Å². The molecule has 3 heteroatoms. The third kappa shape index (κ3) is 1.61. The Hall–Kier alpha value is -1.77. The predicted octanol–water partition coefficient (Wildman–Crippen LogP) is 1.86. The molecule has 1 atom stereocenters. The summed E-state index contributed by atoms with van der Waals surface area (Å²) >= 11 is 0. The Morgan fingerprint density at radius 1 is 1.33 bits per heavy atom. The van der Waals surface area contributed by atoms with Gasteiger partial charge < -0.3 is 10.4 Å². The van der Waals surface area contributed by atoms with Crippen LogP contribution in [0, 0.1) is 0 Å². The second-order valence-corrected chi connectivity index (χ2v) is 3.56. The van der Waals surface area contributed by atoms with Crippen molar-refractivity contribution < 1.29 is 9.90 Å². The number of hydrogen-bond acceptors (Lipinski definition) is 2. The van der Waals surface area contributed by atoms with Gasteiger partial charge in [-0.15, -0.1) is 0 Å². The monoisotopic (exact) mass is 203 g/mol. The SMILES string of the molecule is CC[C@@H]1NC(=O)C(c2ccccc2)=C1O. The van der Waals surface area contributed by atoms with E-state index in [-0.39, 0.29) is 17.7 Å². The Morgan fingerprint density at radius 2 is 2.00 bits per heavy atom. The summed E-state index contributed by atoms with van der Waals surface area (Å²) in [5.41, 5.74) is 1.17. The maximum atomic E-state index is 11.6. The van der Waals surface area contributed by atoms with Gasteiger partial charge in [0.05, 0.1) is 11.6 Å². The number of rotatable bonds is 2. The van der Waals surface area contributed by atoms with Crippen molar-refractivity contribution in [2.75, 3.05) is 0 Å². The quantitative estimate of drug-likeness (QED) is 0.770. The minimum absolute atomic E-state index is 0.161. The van der Waals surface area contributed by atoms with E-state index in [0.717, 1.165) is 5.56 Å². The highest BCUT2D eigenvalue weighted by Crippen LogP contribution is 2.25. The molecule has 1 aromatic rings. The highest BCUT2D eigenvalue weighted by Gasteiger charge is 2.30. The van der Waals surface area contributed by atoms with Gasteiger partial charge in [-0.1, -0.05) is 37.3 Å². The van der Waals surface area contributed by atoms with Crippen LogP contribution in [-0.4, -0.2) is 17.1 Å². The lowest BCUT2D eigenvalue weighted by molar-refractivity contribution is -0.115. The first-order chi connectivity index (χ1) is 7.24. The van der Waals surface area contributed by atoms with Crippen LogP contribution in [0.15, 0.2) is 36.1 Å². The first-order valence-corrected chi connectivity index (χ1v) is 5.03. The van der Waals surface area contributed by atoms with Crippen LogP contribution in [0.1, 0.15) is 18.9 Å². The Labute approximate surface area is 88.4 Å². The van der Waals surface area contributed by atoms with Gasteiger partial charge in [-0.3, -0.25) is 4.79 Å². The fraction of sp³-hybridized carbons (Fsp3) is 0.250. The van der Waals surface area contributed by atoms with Crippen LogP contribution in [0.4, 0.5) is 0 Å². The molecule has 1 aliphatic heterocycles. The van der Waals surface area contributed by atoms with Crippen molar-refractivity contribution in [2.24, 2.45) is 0 Å². The average Bonchev–Trinajstić information content (AvgIpc) is 2.55. The van der Waals surface area contributed by atoms with Crippen molar-refractivity contribution in [1.29, 1.82) is 0 Å². The molecule has 2 N–H and O–H groups in total. The normalized spacial score (nSPS) is 20.6. The molecule has 15 heavy (non-hydrogen) atoms. The van der Waals surface area contributed by atoms with Crippen LogP contribution in [-0.2, 0) is 4.79 Å². The van der Waals surface area contributed by atoms with Crippen LogP contribution >= 0.6 is 0 Å². The summed E-state index contributed by atoms with van der Waals surface area (Å²) in [6.45, 7) is 1.93. The molecule has 2 rings (SSSR count). The molecule has 1 heterocycles. The van der Waals surface area contributed by atoms with Gasteiger partial charge >= 0.3 is 0 Å². The number of aliphatic hydroxyl groups is 1. The van der Waals surface area contributed by atoms with Crippen LogP contribution in [0.25, 0.3) is 5.57 Å². The number of amides is 1. The summed E-state index contributed by atoms with van der Waals surface area (Å²) in [6, 6.07) is 9.00. The van der Waals surface area contributed by atoms with Crippen molar-refractivity contribution >= 4 is 11.5 Å². The van der Waals surface area contributed by atoms with E-state index < -0.39 is 0 Å². The minimum atomic E-state index is -0.229.